The topological polar surface area (TPSA) is 89.3 Å². The predicted octanol–water partition coefficient (Wildman–Crippen LogP) is 4.45. The van der Waals surface area contributed by atoms with Crippen LogP contribution in [0.25, 0.3) is 23.5 Å². The number of carbonyl (C=O) groups excluding carboxylic acids is 1. The predicted molar refractivity (Wildman–Crippen MR) is 109 cm³/mol. The fourth-order valence-electron chi connectivity index (χ4n) is 2.55. The largest absolute Gasteiger partial charge is 0.496 e. The van der Waals surface area contributed by atoms with Crippen LogP contribution in [0.4, 0.5) is 10.5 Å². The molecule has 1 heterocycles. The van der Waals surface area contributed by atoms with E-state index in [0.717, 1.165) is 16.9 Å². The highest BCUT2D eigenvalue weighted by Gasteiger charge is 2.09. The van der Waals surface area contributed by atoms with Gasteiger partial charge in [0.15, 0.2) is 0 Å². The van der Waals surface area contributed by atoms with Gasteiger partial charge in [0.1, 0.15) is 5.75 Å². The summed E-state index contributed by atoms with van der Waals surface area (Å²) >= 11 is 0. The monoisotopic (exact) mass is 378 g/mol. The van der Waals surface area contributed by atoms with Crippen molar-refractivity contribution in [3.8, 4) is 17.1 Å². The number of ether oxygens (including phenoxy) is 1. The van der Waals surface area contributed by atoms with E-state index < -0.39 is 0 Å². The van der Waals surface area contributed by atoms with Crippen molar-refractivity contribution in [2.75, 3.05) is 12.4 Å². The minimum absolute atomic E-state index is 0.0537. The lowest BCUT2D eigenvalue weighted by Gasteiger charge is -2.10. The number of carbonyl (C=O) groups is 1. The molecular weight excluding hydrogens is 356 g/mol. The lowest BCUT2D eigenvalue weighted by atomic mass is 10.2. The minimum Gasteiger partial charge on any atom is -0.496 e. The minimum atomic E-state index is -0.263. The van der Waals surface area contributed by atoms with Crippen LogP contribution in [0.5, 0.6) is 5.75 Å². The van der Waals surface area contributed by atoms with E-state index in [0.29, 0.717) is 17.4 Å². The quantitative estimate of drug-likeness (QED) is 0.662. The summed E-state index contributed by atoms with van der Waals surface area (Å²) in [7, 11) is 1.62. The first-order valence-electron chi connectivity index (χ1n) is 8.88. The Morgan fingerprint density at radius 2 is 1.96 bits per heavy atom. The molecule has 2 N–H and O–H groups in total. The Hall–Kier alpha value is -3.61. The van der Waals surface area contributed by atoms with E-state index in [9.17, 15) is 4.79 Å². The van der Waals surface area contributed by atoms with Gasteiger partial charge >= 0.3 is 6.03 Å². The summed E-state index contributed by atoms with van der Waals surface area (Å²) in [4.78, 5) is 16.2. The first-order valence-corrected chi connectivity index (χ1v) is 8.88. The molecule has 0 spiro atoms. The number of benzene rings is 2. The third-order valence-corrected chi connectivity index (χ3v) is 3.78. The molecule has 0 saturated carbocycles. The number of hydrogen-bond donors (Lipinski definition) is 2. The number of aromatic nitrogens is 2. The third kappa shape index (κ3) is 4.97. The van der Waals surface area contributed by atoms with Crippen molar-refractivity contribution in [2.24, 2.45) is 0 Å². The molecular formula is C21H22N4O3. The van der Waals surface area contributed by atoms with Gasteiger partial charge in [-0.1, -0.05) is 35.5 Å². The fraction of sp³-hybridized carbons (Fsp3) is 0.190. The zero-order chi connectivity index (χ0) is 19.9. The SMILES string of the molecule is COc1ccccc1/C=C/c1nc(-c2cccc(NC(=O)NC(C)C)c2)no1. The highest BCUT2D eigenvalue weighted by atomic mass is 16.5. The molecule has 0 aliphatic carbocycles. The van der Waals surface area contributed by atoms with Gasteiger partial charge in [0.2, 0.25) is 5.82 Å². The number of methoxy groups -OCH3 is 1. The van der Waals surface area contributed by atoms with Crippen LogP contribution >= 0.6 is 0 Å². The van der Waals surface area contributed by atoms with Crippen LogP contribution in [0.1, 0.15) is 25.3 Å². The summed E-state index contributed by atoms with van der Waals surface area (Å²) in [6, 6.07) is 14.7. The number of nitrogens with zero attached hydrogens (tertiary/aromatic N) is 2. The maximum absolute atomic E-state index is 11.9. The zero-order valence-electron chi connectivity index (χ0n) is 16.0. The third-order valence-electron chi connectivity index (χ3n) is 3.78. The lowest BCUT2D eigenvalue weighted by molar-refractivity contribution is 0.250. The summed E-state index contributed by atoms with van der Waals surface area (Å²) < 4.78 is 10.6. The molecule has 7 heteroatoms. The van der Waals surface area contributed by atoms with Gasteiger partial charge in [0.05, 0.1) is 7.11 Å². The molecule has 2 amide bonds. The Morgan fingerprint density at radius 3 is 2.75 bits per heavy atom. The Bertz CT molecular complexity index is 979. The summed E-state index contributed by atoms with van der Waals surface area (Å²) in [5, 5.41) is 9.58. The second-order valence-electron chi connectivity index (χ2n) is 6.37. The van der Waals surface area contributed by atoms with Crippen molar-refractivity contribution in [3.63, 3.8) is 0 Å². The van der Waals surface area contributed by atoms with E-state index in [1.54, 1.807) is 25.3 Å². The van der Waals surface area contributed by atoms with E-state index in [-0.39, 0.29) is 12.1 Å². The molecule has 0 bridgehead atoms. The average Bonchev–Trinajstić information content (AvgIpc) is 3.15. The highest BCUT2D eigenvalue weighted by molar-refractivity contribution is 5.90. The van der Waals surface area contributed by atoms with Gasteiger partial charge in [0.25, 0.3) is 5.89 Å². The molecule has 1 aromatic heterocycles. The number of nitrogens with one attached hydrogen (secondary N) is 2. The van der Waals surface area contributed by atoms with Crippen molar-refractivity contribution in [1.29, 1.82) is 0 Å². The molecule has 7 nitrogen and oxygen atoms in total. The van der Waals surface area contributed by atoms with Crippen molar-refractivity contribution in [2.45, 2.75) is 19.9 Å². The number of para-hydroxylation sites is 1. The number of amides is 2. The summed E-state index contributed by atoms with van der Waals surface area (Å²) in [6.07, 6.45) is 3.58. The summed E-state index contributed by atoms with van der Waals surface area (Å²) in [5.41, 5.74) is 2.29. The van der Waals surface area contributed by atoms with Crippen molar-refractivity contribution < 1.29 is 14.1 Å². The molecule has 2 aromatic carbocycles. The van der Waals surface area contributed by atoms with E-state index in [2.05, 4.69) is 20.8 Å². The van der Waals surface area contributed by atoms with Gasteiger partial charge in [-0.15, -0.1) is 0 Å². The van der Waals surface area contributed by atoms with Crippen LogP contribution in [0.2, 0.25) is 0 Å². The van der Waals surface area contributed by atoms with Crippen molar-refractivity contribution in [1.82, 2.24) is 15.5 Å². The molecule has 3 rings (SSSR count). The first kappa shape index (κ1) is 19.2. The van der Waals surface area contributed by atoms with Gasteiger partial charge < -0.3 is 19.9 Å². The van der Waals surface area contributed by atoms with Crippen LogP contribution < -0.4 is 15.4 Å². The summed E-state index contributed by atoms with van der Waals surface area (Å²) in [5.74, 6) is 1.57. The lowest BCUT2D eigenvalue weighted by Crippen LogP contribution is -2.34. The van der Waals surface area contributed by atoms with Crippen LogP contribution in [-0.4, -0.2) is 29.3 Å². The number of hydrogen-bond acceptors (Lipinski definition) is 5. The molecule has 0 atom stereocenters. The second kappa shape index (κ2) is 8.85. The fourth-order valence-corrected chi connectivity index (χ4v) is 2.55. The molecule has 28 heavy (non-hydrogen) atoms. The number of urea groups is 1. The molecule has 0 radical (unpaired) electrons. The molecule has 0 aliphatic rings. The maximum Gasteiger partial charge on any atom is 0.319 e. The van der Waals surface area contributed by atoms with Gasteiger partial charge in [-0.25, -0.2) is 4.79 Å². The molecule has 0 aliphatic heterocycles. The number of anilines is 1. The van der Waals surface area contributed by atoms with Crippen molar-refractivity contribution >= 4 is 23.9 Å². The Kier molecular flexibility index (Phi) is 6.06. The van der Waals surface area contributed by atoms with Crippen LogP contribution in [0.3, 0.4) is 0 Å². The van der Waals surface area contributed by atoms with Crippen LogP contribution in [-0.2, 0) is 0 Å². The standard InChI is InChI=1S/C21H22N4O3/c1-14(2)22-21(26)23-17-9-6-8-16(13-17)20-24-19(28-25-20)12-11-15-7-4-5-10-18(15)27-3/h4-14H,1-3H3,(H2,22,23,26)/b12-11+. The van der Waals surface area contributed by atoms with Gasteiger partial charge in [-0.3, -0.25) is 0 Å². The van der Waals surface area contributed by atoms with Crippen LogP contribution in [0, 0.1) is 0 Å². The van der Waals surface area contributed by atoms with Crippen molar-refractivity contribution in [3.05, 3.63) is 60.0 Å². The van der Waals surface area contributed by atoms with E-state index in [1.165, 1.54) is 0 Å². The molecule has 0 unspecified atom stereocenters. The Labute approximate surface area is 163 Å². The van der Waals surface area contributed by atoms with Gasteiger partial charge in [-0.05, 0) is 38.1 Å². The maximum atomic E-state index is 11.9. The summed E-state index contributed by atoms with van der Waals surface area (Å²) in [6.45, 7) is 3.80. The van der Waals surface area contributed by atoms with E-state index in [4.69, 9.17) is 9.26 Å². The average molecular weight is 378 g/mol. The Morgan fingerprint density at radius 1 is 1.14 bits per heavy atom. The Balaban J connectivity index is 1.74. The first-order chi connectivity index (χ1) is 13.5. The van der Waals surface area contributed by atoms with Gasteiger partial charge in [-0.2, -0.15) is 4.98 Å². The highest BCUT2D eigenvalue weighted by Crippen LogP contribution is 2.22. The molecule has 0 saturated heterocycles. The van der Waals surface area contributed by atoms with E-state index in [1.807, 2.05) is 56.3 Å². The molecule has 144 valence electrons. The molecule has 0 fully saturated rings. The molecule has 3 aromatic rings. The van der Waals surface area contributed by atoms with Crippen LogP contribution in [0.15, 0.2) is 53.1 Å². The van der Waals surface area contributed by atoms with Gasteiger partial charge in [0, 0.05) is 28.9 Å². The normalized spacial score (nSPS) is 11.0. The zero-order valence-corrected chi connectivity index (χ0v) is 16.0. The second-order valence-corrected chi connectivity index (χ2v) is 6.37. The number of rotatable bonds is 6. The van der Waals surface area contributed by atoms with E-state index >= 15 is 0 Å². The smallest absolute Gasteiger partial charge is 0.319 e.